The van der Waals surface area contributed by atoms with Crippen LogP contribution in [0.4, 0.5) is 11.6 Å². The lowest BCUT2D eigenvalue weighted by Crippen LogP contribution is -2.40. The van der Waals surface area contributed by atoms with Crippen LogP contribution >= 0.6 is 0 Å². The standard InChI is InChI=1S/C22H29N5O3/c1-5-6-9-12-25-20(28)18-19(24(3)22(25)29)23-21-26(13-15(2)14-27(18)21)16-10-7-8-11-17(16)30-4/h7-8,10-11,15H,5-6,9,12-14H2,1-4H3. The van der Waals surface area contributed by atoms with Crippen molar-refractivity contribution in [3.05, 3.63) is 45.1 Å². The highest BCUT2D eigenvalue weighted by Gasteiger charge is 2.30. The van der Waals surface area contributed by atoms with Crippen molar-refractivity contribution in [2.24, 2.45) is 13.0 Å². The molecule has 0 fully saturated rings. The van der Waals surface area contributed by atoms with Gasteiger partial charge in [-0.3, -0.25) is 13.9 Å². The number of unbranched alkanes of at least 4 members (excludes halogenated alkanes) is 2. The minimum atomic E-state index is -0.309. The molecule has 1 atom stereocenters. The van der Waals surface area contributed by atoms with Gasteiger partial charge < -0.3 is 14.2 Å². The Morgan fingerprint density at radius 2 is 1.93 bits per heavy atom. The van der Waals surface area contributed by atoms with Crippen LogP contribution in [-0.4, -0.2) is 32.3 Å². The summed E-state index contributed by atoms with van der Waals surface area (Å²) in [5, 5.41) is 0. The number of para-hydroxylation sites is 2. The molecule has 30 heavy (non-hydrogen) atoms. The minimum absolute atomic E-state index is 0.253. The van der Waals surface area contributed by atoms with Gasteiger partial charge in [0.25, 0.3) is 5.56 Å². The monoisotopic (exact) mass is 411 g/mol. The highest BCUT2D eigenvalue weighted by atomic mass is 16.5. The van der Waals surface area contributed by atoms with E-state index in [1.54, 1.807) is 14.2 Å². The van der Waals surface area contributed by atoms with Gasteiger partial charge in [0.1, 0.15) is 5.75 Å². The van der Waals surface area contributed by atoms with Gasteiger partial charge in [-0.2, -0.15) is 4.98 Å². The molecule has 1 aliphatic heterocycles. The first-order valence-corrected chi connectivity index (χ1v) is 10.6. The molecular formula is C22H29N5O3. The van der Waals surface area contributed by atoms with Gasteiger partial charge in [-0.05, 0) is 24.5 Å². The highest BCUT2D eigenvalue weighted by Crippen LogP contribution is 2.37. The first kappa shape index (κ1) is 20.3. The maximum absolute atomic E-state index is 13.3. The lowest BCUT2D eigenvalue weighted by atomic mass is 10.1. The molecular weight excluding hydrogens is 382 g/mol. The molecule has 1 aliphatic rings. The molecule has 0 saturated carbocycles. The maximum atomic E-state index is 13.3. The lowest BCUT2D eigenvalue weighted by Gasteiger charge is -2.33. The predicted molar refractivity (Wildman–Crippen MR) is 118 cm³/mol. The van der Waals surface area contributed by atoms with Crippen LogP contribution in [0.15, 0.2) is 33.9 Å². The number of hydrogen-bond donors (Lipinski definition) is 0. The number of methoxy groups -OCH3 is 1. The van der Waals surface area contributed by atoms with Gasteiger partial charge in [0.2, 0.25) is 5.95 Å². The summed E-state index contributed by atoms with van der Waals surface area (Å²) >= 11 is 0. The fourth-order valence-corrected chi connectivity index (χ4v) is 4.28. The summed E-state index contributed by atoms with van der Waals surface area (Å²) in [6, 6.07) is 7.79. The van der Waals surface area contributed by atoms with Crippen molar-refractivity contribution in [2.45, 2.75) is 46.2 Å². The smallest absolute Gasteiger partial charge is 0.332 e. The second-order valence-electron chi connectivity index (χ2n) is 8.09. The van der Waals surface area contributed by atoms with Gasteiger partial charge in [0, 0.05) is 26.7 Å². The third-order valence-electron chi connectivity index (χ3n) is 5.80. The minimum Gasteiger partial charge on any atom is -0.495 e. The van der Waals surface area contributed by atoms with E-state index in [-0.39, 0.29) is 11.2 Å². The van der Waals surface area contributed by atoms with E-state index in [4.69, 9.17) is 9.72 Å². The average molecular weight is 412 g/mol. The molecule has 0 spiro atoms. The molecule has 2 aromatic heterocycles. The largest absolute Gasteiger partial charge is 0.495 e. The number of nitrogens with zero attached hydrogens (tertiary/aromatic N) is 5. The number of aromatic nitrogens is 4. The van der Waals surface area contributed by atoms with Gasteiger partial charge in [-0.15, -0.1) is 0 Å². The average Bonchev–Trinajstić information content (AvgIpc) is 3.13. The van der Waals surface area contributed by atoms with Crippen LogP contribution in [0.25, 0.3) is 11.2 Å². The number of fused-ring (bicyclic) bond motifs is 3. The van der Waals surface area contributed by atoms with E-state index in [2.05, 4.69) is 18.7 Å². The molecule has 0 radical (unpaired) electrons. The van der Waals surface area contributed by atoms with Crippen LogP contribution in [-0.2, 0) is 20.1 Å². The molecule has 0 bridgehead atoms. The van der Waals surface area contributed by atoms with Crippen molar-refractivity contribution < 1.29 is 4.74 Å². The molecule has 8 nitrogen and oxygen atoms in total. The van der Waals surface area contributed by atoms with E-state index >= 15 is 0 Å². The molecule has 3 aromatic rings. The first-order valence-electron chi connectivity index (χ1n) is 10.6. The van der Waals surface area contributed by atoms with E-state index in [0.29, 0.717) is 36.1 Å². The quantitative estimate of drug-likeness (QED) is 0.583. The summed E-state index contributed by atoms with van der Waals surface area (Å²) in [5.74, 6) is 1.71. The number of anilines is 2. The molecule has 1 aromatic carbocycles. The Kier molecular flexibility index (Phi) is 5.40. The van der Waals surface area contributed by atoms with Crippen molar-refractivity contribution in [1.82, 2.24) is 18.7 Å². The van der Waals surface area contributed by atoms with Crippen molar-refractivity contribution >= 4 is 22.8 Å². The normalized spacial score (nSPS) is 16.1. The summed E-state index contributed by atoms with van der Waals surface area (Å²) in [4.78, 5) is 33.1. The van der Waals surface area contributed by atoms with Crippen LogP contribution in [0.1, 0.15) is 33.1 Å². The second kappa shape index (κ2) is 8.01. The summed E-state index contributed by atoms with van der Waals surface area (Å²) in [6.07, 6.45) is 2.82. The van der Waals surface area contributed by atoms with Crippen LogP contribution in [0, 0.1) is 5.92 Å². The molecule has 0 amide bonds. The van der Waals surface area contributed by atoms with Crippen molar-refractivity contribution in [2.75, 3.05) is 18.6 Å². The zero-order valence-corrected chi connectivity index (χ0v) is 18.1. The molecule has 3 heterocycles. The topological polar surface area (TPSA) is 74.3 Å². The van der Waals surface area contributed by atoms with Crippen LogP contribution in [0.2, 0.25) is 0 Å². The van der Waals surface area contributed by atoms with Gasteiger partial charge in [-0.25, -0.2) is 4.79 Å². The number of hydrogen-bond acceptors (Lipinski definition) is 5. The summed E-state index contributed by atoms with van der Waals surface area (Å²) in [6.45, 7) is 6.12. The van der Waals surface area contributed by atoms with E-state index < -0.39 is 0 Å². The number of benzene rings is 1. The number of aryl methyl sites for hydroxylation is 1. The summed E-state index contributed by atoms with van der Waals surface area (Å²) in [7, 11) is 3.34. The van der Waals surface area contributed by atoms with E-state index in [9.17, 15) is 9.59 Å². The Labute approximate surface area is 175 Å². The lowest BCUT2D eigenvalue weighted by molar-refractivity contribution is 0.409. The zero-order valence-electron chi connectivity index (χ0n) is 18.1. The van der Waals surface area contributed by atoms with Gasteiger partial charge in [-0.1, -0.05) is 38.8 Å². The van der Waals surface area contributed by atoms with Crippen molar-refractivity contribution in [1.29, 1.82) is 0 Å². The van der Waals surface area contributed by atoms with Gasteiger partial charge in [0.15, 0.2) is 11.2 Å². The molecule has 0 N–H and O–H groups in total. The molecule has 1 unspecified atom stereocenters. The Hall–Kier alpha value is -3.03. The second-order valence-corrected chi connectivity index (χ2v) is 8.09. The maximum Gasteiger partial charge on any atom is 0.332 e. The van der Waals surface area contributed by atoms with Gasteiger partial charge in [0.05, 0.1) is 12.8 Å². The van der Waals surface area contributed by atoms with Crippen molar-refractivity contribution in [3.63, 3.8) is 0 Å². The Bertz CT molecular complexity index is 1190. The Morgan fingerprint density at radius 1 is 1.17 bits per heavy atom. The fraction of sp³-hybridized carbons (Fsp3) is 0.500. The van der Waals surface area contributed by atoms with E-state index in [1.165, 1.54) is 9.13 Å². The summed E-state index contributed by atoms with van der Waals surface area (Å²) < 4.78 is 10.4. The van der Waals surface area contributed by atoms with Crippen LogP contribution < -0.4 is 20.9 Å². The van der Waals surface area contributed by atoms with E-state index in [0.717, 1.165) is 37.2 Å². The molecule has 0 aliphatic carbocycles. The van der Waals surface area contributed by atoms with Gasteiger partial charge >= 0.3 is 5.69 Å². The Balaban J connectivity index is 1.94. The number of ether oxygens (including phenoxy) is 1. The molecule has 0 saturated heterocycles. The number of rotatable bonds is 6. The third kappa shape index (κ3) is 3.20. The third-order valence-corrected chi connectivity index (χ3v) is 5.80. The Morgan fingerprint density at radius 3 is 2.67 bits per heavy atom. The fourth-order valence-electron chi connectivity index (χ4n) is 4.28. The molecule has 8 heteroatoms. The van der Waals surface area contributed by atoms with E-state index in [1.807, 2.05) is 28.8 Å². The van der Waals surface area contributed by atoms with Crippen LogP contribution in [0.5, 0.6) is 5.75 Å². The molecule has 4 rings (SSSR count). The summed E-state index contributed by atoms with van der Waals surface area (Å²) in [5.41, 5.74) is 1.26. The first-order chi connectivity index (χ1) is 14.5. The zero-order chi connectivity index (χ0) is 21.4. The molecule has 160 valence electrons. The number of imidazole rings is 1. The highest BCUT2D eigenvalue weighted by molar-refractivity contribution is 5.78. The van der Waals surface area contributed by atoms with Crippen LogP contribution in [0.3, 0.4) is 0 Å². The SMILES string of the molecule is CCCCCn1c(=O)c2c(nc3n2CC(C)CN3c2ccccc2OC)n(C)c1=O. The predicted octanol–water partition coefficient (Wildman–Crippen LogP) is 2.88. The van der Waals surface area contributed by atoms with Crippen molar-refractivity contribution in [3.8, 4) is 5.75 Å².